The summed E-state index contributed by atoms with van der Waals surface area (Å²) in [6, 6.07) is -1.10. The Bertz CT molecular complexity index is 416. The second-order valence-electron chi connectivity index (χ2n) is 5.80. The smallest absolute Gasteiger partial charge is 0.243 e. The van der Waals surface area contributed by atoms with Crippen LogP contribution in [-0.2, 0) is 14.4 Å². The van der Waals surface area contributed by atoms with Crippen molar-refractivity contribution in [1.29, 1.82) is 0 Å². The normalized spacial score (nSPS) is 18.6. The minimum Gasteiger partial charge on any atom is -0.353 e. The number of amides is 3. The molecule has 8 nitrogen and oxygen atoms in total. The van der Waals surface area contributed by atoms with Gasteiger partial charge in [-0.2, -0.15) is 0 Å². The lowest BCUT2D eigenvalue weighted by atomic mass is 10.1. The fourth-order valence-corrected chi connectivity index (χ4v) is 2.76. The molecule has 0 aromatic heterocycles. The van der Waals surface area contributed by atoms with E-state index in [2.05, 4.69) is 10.6 Å². The fraction of sp³-hybridized carbons (Fsp3) is 0.800. The molecule has 6 N–H and O–H groups in total. The summed E-state index contributed by atoms with van der Waals surface area (Å²) in [5.74, 6) is -0.624. The lowest BCUT2D eigenvalue weighted by molar-refractivity contribution is -0.138. The molecular weight excluding hydrogens is 298 g/mol. The van der Waals surface area contributed by atoms with E-state index >= 15 is 0 Å². The Morgan fingerprint density at radius 3 is 2.57 bits per heavy atom. The summed E-state index contributed by atoms with van der Waals surface area (Å²) in [5, 5.41) is 5.48. The Hall–Kier alpha value is -1.67. The fourth-order valence-electron chi connectivity index (χ4n) is 2.76. The van der Waals surface area contributed by atoms with Gasteiger partial charge >= 0.3 is 0 Å². The summed E-state index contributed by atoms with van der Waals surface area (Å²) in [6.07, 6.45) is 3.49. The highest BCUT2D eigenvalue weighted by molar-refractivity contribution is 5.92. The van der Waals surface area contributed by atoms with Crippen LogP contribution in [0.4, 0.5) is 0 Å². The highest BCUT2D eigenvalue weighted by atomic mass is 16.2. The maximum Gasteiger partial charge on any atom is 0.243 e. The van der Waals surface area contributed by atoms with Gasteiger partial charge in [-0.25, -0.2) is 0 Å². The number of likely N-dealkylation sites (tertiary alicyclic amines) is 1. The maximum absolute atomic E-state index is 12.4. The van der Waals surface area contributed by atoms with Crippen LogP contribution in [0.3, 0.4) is 0 Å². The number of nitrogens with zero attached hydrogens (tertiary/aromatic N) is 1. The van der Waals surface area contributed by atoms with Gasteiger partial charge in [-0.15, -0.1) is 0 Å². The van der Waals surface area contributed by atoms with Gasteiger partial charge in [-0.1, -0.05) is 0 Å². The first kappa shape index (κ1) is 19.4. The van der Waals surface area contributed by atoms with Crippen LogP contribution in [0.5, 0.6) is 0 Å². The van der Waals surface area contributed by atoms with Crippen LogP contribution >= 0.6 is 0 Å². The minimum atomic E-state index is -0.616. The molecule has 1 aliphatic heterocycles. The first-order chi connectivity index (χ1) is 11.0. The molecule has 0 spiro atoms. The zero-order chi connectivity index (χ0) is 17.2. The van der Waals surface area contributed by atoms with Crippen molar-refractivity contribution in [3.63, 3.8) is 0 Å². The Morgan fingerprint density at radius 1 is 1.22 bits per heavy atom. The van der Waals surface area contributed by atoms with Gasteiger partial charge in [0.25, 0.3) is 0 Å². The van der Waals surface area contributed by atoms with Crippen molar-refractivity contribution in [1.82, 2.24) is 15.5 Å². The molecule has 8 heteroatoms. The predicted octanol–water partition coefficient (Wildman–Crippen LogP) is -1.31. The van der Waals surface area contributed by atoms with E-state index in [0.29, 0.717) is 39.0 Å². The number of carbonyl (C=O) groups excluding carboxylic acids is 3. The molecule has 0 radical (unpaired) electrons. The Morgan fingerprint density at radius 2 is 1.96 bits per heavy atom. The average Bonchev–Trinajstić information content (AvgIpc) is 3.01. The number of unbranched alkanes of at least 4 members (excludes halogenated alkanes) is 1. The molecule has 3 amide bonds. The van der Waals surface area contributed by atoms with Crippen molar-refractivity contribution in [2.24, 2.45) is 11.5 Å². The molecule has 1 rings (SSSR count). The molecule has 1 aliphatic rings. The van der Waals surface area contributed by atoms with Crippen LogP contribution in [0.2, 0.25) is 0 Å². The van der Waals surface area contributed by atoms with Crippen LogP contribution in [0, 0.1) is 0 Å². The third-order valence-electron chi connectivity index (χ3n) is 3.98. The van der Waals surface area contributed by atoms with E-state index in [-0.39, 0.29) is 17.7 Å². The molecule has 23 heavy (non-hydrogen) atoms. The summed E-state index contributed by atoms with van der Waals surface area (Å²) in [4.78, 5) is 37.7. The van der Waals surface area contributed by atoms with Crippen molar-refractivity contribution in [2.45, 2.75) is 51.1 Å². The third kappa shape index (κ3) is 6.15. The molecule has 132 valence electrons. The lowest BCUT2D eigenvalue weighted by Gasteiger charge is -2.25. The van der Waals surface area contributed by atoms with Crippen molar-refractivity contribution >= 4 is 17.7 Å². The monoisotopic (exact) mass is 327 g/mol. The molecule has 1 saturated heterocycles. The van der Waals surface area contributed by atoms with Crippen molar-refractivity contribution < 1.29 is 14.4 Å². The zero-order valence-corrected chi connectivity index (χ0v) is 13.8. The second kappa shape index (κ2) is 10.2. The molecule has 0 aliphatic carbocycles. The van der Waals surface area contributed by atoms with Gasteiger partial charge in [0, 0.05) is 26.6 Å². The van der Waals surface area contributed by atoms with E-state index in [1.54, 1.807) is 4.90 Å². The van der Waals surface area contributed by atoms with E-state index in [1.165, 1.54) is 6.92 Å². The summed E-state index contributed by atoms with van der Waals surface area (Å²) < 4.78 is 0. The standard InChI is InChI=1S/C15H29N5O3/c1-11(21)20-10-4-6-13(20)15(23)19-12(5-2-3-7-16)14(22)18-9-8-17/h12-13H,2-10,16-17H2,1H3,(H,18,22)(H,19,23). The maximum atomic E-state index is 12.4. The molecule has 1 fully saturated rings. The largest absolute Gasteiger partial charge is 0.353 e. The number of nitrogens with two attached hydrogens (primary N) is 2. The number of hydrogen-bond acceptors (Lipinski definition) is 5. The van der Waals surface area contributed by atoms with Crippen LogP contribution in [0.1, 0.15) is 39.0 Å². The van der Waals surface area contributed by atoms with Crippen LogP contribution in [0.25, 0.3) is 0 Å². The van der Waals surface area contributed by atoms with Crippen molar-refractivity contribution in [3.8, 4) is 0 Å². The number of carbonyl (C=O) groups is 3. The number of hydrogen-bond donors (Lipinski definition) is 4. The SMILES string of the molecule is CC(=O)N1CCCC1C(=O)NC(CCCCN)C(=O)NCCN. The predicted molar refractivity (Wildman–Crippen MR) is 87.3 cm³/mol. The topological polar surface area (TPSA) is 131 Å². The molecule has 0 aromatic carbocycles. The number of nitrogens with one attached hydrogen (secondary N) is 2. The molecule has 2 unspecified atom stereocenters. The minimum absolute atomic E-state index is 0.116. The lowest BCUT2D eigenvalue weighted by Crippen LogP contribution is -2.53. The van der Waals surface area contributed by atoms with E-state index in [9.17, 15) is 14.4 Å². The van der Waals surface area contributed by atoms with Crippen LogP contribution < -0.4 is 22.1 Å². The van der Waals surface area contributed by atoms with Gasteiger partial charge < -0.3 is 27.0 Å². The summed E-state index contributed by atoms with van der Waals surface area (Å²) in [7, 11) is 0. The van der Waals surface area contributed by atoms with Gasteiger partial charge in [0.05, 0.1) is 0 Å². The van der Waals surface area contributed by atoms with Gasteiger partial charge in [0.1, 0.15) is 12.1 Å². The average molecular weight is 327 g/mol. The number of rotatable bonds is 9. The van der Waals surface area contributed by atoms with Crippen LogP contribution in [0.15, 0.2) is 0 Å². The first-order valence-electron chi connectivity index (χ1n) is 8.26. The summed E-state index contributed by atoms with van der Waals surface area (Å²) >= 11 is 0. The molecule has 0 saturated carbocycles. The van der Waals surface area contributed by atoms with E-state index in [0.717, 1.165) is 19.3 Å². The highest BCUT2D eigenvalue weighted by Crippen LogP contribution is 2.17. The van der Waals surface area contributed by atoms with E-state index < -0.39 is 12.1 Å². The van der Waals surface area contributed by atoms with Gasteiger partial charge in [0.15, 0.2) is 0 Å². The molecule has 0 aromatic rings. The molecule has 2 atom stereocenters. The second-order valence-corrected chi connectivity index (χ2v) is 5.80. The summed E-state index contributed by atoms with van der Waals surface area (Å²) in [5.41, 5.74) is 10.9. The molecular formula is C15H29N5O3. The Labute approximate surface area is 137 Å². The summed E-state index contributed by atoms with van der Waals surface area (Å²) in [6.45, 7) is 3.30. The van der Waals surface area contributed by atoms with Crippen LogP contribution in [-0.4, -0.2) is 60.9 Å². The van der Waals surface area contributed by atoms with E-state index in [4.69, 9.17) is 11.5 Å². The van der Waals surface area contributed by atoms with Crippen molar-refractivity contribution in [2.75, 3.05) is 26.2 Å². The quantitative estimate of drug-likeness (QED) is 0.390. The molecule has 0 bridgehead atoms. The van der Waals surface area contributed by atoms with E-state index in [1.807, 2.05) is 0 Å². The van der Waals surface area contributed by atoms with Gasteiger partial charge in [-0.3, -0.25) is 14.4 Å². The van der Waals surface area contributed by atoms with Gasteiger partial charge in [0.2, 0.25) is 17.7 Å². The Kier molecular flexibility index (Phi) is 8.57. The molecule has 1 heterocycles. The zero-order valence-electron chi connectivity index (χ0n) is 13.8. The highest BCUT2D eigenvalue weighted by Gasteiger charge is 2.34. The van der Waals surface area contributed by atoms with Crippen molar-refractivity contribution in [3.05, 3.63) is 0 Å². The first-order valence-corrected chi connectivity index (χ1v) is 8.26. The Balaban J connectivity index is 2.64. The third-order valence-corrected chi connectivity index (χ3v) is 3.98. The van der Waals surface area contributed by atoms with Gasteiger partial charge in [-0.05, 0) is 38.6 Å².